The molecule has 2 nitrogen and oxygen atoms in total. The van der Waals surface area contributed by atoms with Gasteiger partial charge in [0.1, 0.15) is 5.15 Å². The molecular weight excluding hydrogens is 227 g/mol. The summed E-state index contributed by atoms with van der Waals surface area (Å²) in [6.45, 7) is 1.90. The van der Waals surface area contributed by atoms with Gasteiger partial charge in [0.2, 0.25) is 0 Å². The van der Waals surface area contributed by atoms with Crippen LogP contribution in [0.1, 0.15) is 18.5 Å². The number of nitrogens with zero attached hydrogens (tertiary/aromatic N) is 1. The van der Waals surface area contributed by atoms with Crippen LogP contribution in [0.3, 0.4) is 0 Å². The van der Waals surface area contributed by atoms with Crippen LogP contribution in [0.2, 0.25) is 5.15 Å². The van der Waals surface area contributed by atoms with Crippen LogP contribution in [0.25, 0.3) is 0 Å². The highest BCUT2D eigenvalue weighted by Gasteiger charge is 2.02. The van der Waals surface area contributed by atoms with Crippen molar-refractivity contribution in [3.8, 4) is 0 Å². The van der Waals surface area contributed by atoms with E-state index in [1.54, 1.807) is 6.20 Å². The number of hydrogen-bond donors (Lipinski definition) is 1. The quantitative estimate of drug-likeness (QED) is 0.760. The van der Waals surface area contributed by atoms with E-state index in [-0.39, 0.29) is 6.04 Å². The fourth-order valence-corrected chi connectivity index (χ4v) is 1.16. The summed E-state index contributed by atoms with van der Waals surface area (Å²) in [5.74, 6) is 0. The fraction of sp³-hybridized carbons (Fsp3) is 0.286. The van der Waals surface area contributed by atoms with Gasteiger partial charge in [0, 0.05) is 12.2 Å². The molecule has 0 saturated heterocycles. The highest BCUT2D eigenvalue weighted by Crippen LogP contribution is 2.22. The Morgan fingerprint density at radius 3 is 2.82 bits per heavy atom. The SMILES string of the molecule is CC(N)c1cnc(Cl)c(Br)c1. The zero-order valence-electron chi connectivity index (χ0n) is 6.01. The normalized spacial score (nSPS) is 13.1. The molecule has 1 rings (SSSR count). The van der Waals surface area contributed by atoms with Gasteiger partial charge in [-0.25, -0.2) is 4.98 Å². The van der Waals surface area contributed by atoms with Gasteiger partial charge in [0.25, 0.3) is 0 Å². The Hall–Kier alpha value is -0.120. The molecule has 0 aromatic carbocycles. The molecule has 60 valence electrons. The van der Waals surface area contributed by atoms with Crippen LogP contribution in [-0.2, 0) is 0 Å². The molecule has 2 N–H and O–H groups in total. The number of halogens is 2. The van der Waals surface area contributed by atoms with Crippen molar-refractivity contribution in [1.82, 2.24) is 4.98 Å². The van der Waals surface area contributed by atoms with Gasteiger partial charge in [0.15, 0.2) is 0 Å². The molecule has 1 atom stereocenters. The van der Waals surface area contributed by atoms with Crippen molar-refractivity contribution in [3.63, 3.8) is 0 Å². The topological polar surface area (TPSA) is 38.9 Å². The third-order valence-electron chi connectivity index (χ3n) is 1.34. The van der Waals surface area contributed by atoms with Gasteiger partial charge in [-0.2, -0.15) is 0 Å². The Balaban J connectivity index is 3.05. The number of pyridine rings is 1. The first-order valence-corrected chi connectivity index (χ1v) is 4.35. The van der Waals surface area contributed by atoms with E-state index < -0.39 is 0 Å². The number of nitrogens with two attached hydrogens (primary N) is 1. The lowest BCUT2D eigenvalue weighted by molar-refractivity contribution is 0.810. The lowest BCUT2D eigenvalue weighted by Crippen LogP contribution is -2.05. The average Bonchev–Trinajstić information content (AvgIpc) is 1.94. The molecule has 0 bridgehead atoms. The predicted octanol–water partition coefficient (Wildman–Crippen LogP) is 2.52. The maximum Gasteiger partial charge on any atom is 0.143 e. The van der Waals surface area contributed by atoms with E-state index in [0.29, 0.717) is 5.15 Å². The fourth-order valence-electron chi connectivity index (χ4n) is 0.685. The van der Waals surface area contributed by atoms with E-state index in [4.69, 9.17) is 17.3 Å². The first-order chi connectivity index (χ1) is 5.11. The second-order valence-electron chi connectivity index (χ2n) is 2.33. The van der Waals surface area contributed by atoms with Gasteiger partial charge in [0.05, 0.1) is 4.47 Å². The molecule has 1 aromatic heterocycles. The predicted molar refractivity (Wildman–Crippen MR) is 49.5 cm³/mol. The minimum atomic E-state index is -0.00364. The summed E-state index contributed by atoms with van der Waals surface area (Å²) < 4.78 is 0.786. The van der Waals surface area contributed by atoms with E-state index in [1.807, 2.05) is 13.0 Å². The van der Waals surface area contributed by atoms with E-state index in [1.165, 1.54) is 0 Å². The van der Waals surface area contributed by atoms with Crippen molar-refractivity contribution in [2.75, 3.05) is 0 Å². The Kier molecular flexibility index (Phi) is 2.87. The van der Waals surface area contributed by atoms with Crippen LogP contribution in [0.4, 0.5) is 0 Å². The van der Waals surface area contributed by atoms with Crippen LogP contribution in [-0.4, -0.2) is 4.98 Å². The molecule has 0 fully saturated rings. The van der Waals surface area contributed by atoms with Crippen molar-refractivity contribution in [2.24, 2.45) is 5.73 Å². The smallest absolute Gasteiger partial charge is 0.143 e. The van der Waals surface area contributed by atoms with Gasteiger partial charge in [-0.15, -0.1) is 0 Å². The number of hydrogen-bond acceptors (Lipinski definition) is 2. The molecule has 0 spiro atoms. The Morgan fingerprint density at radius 2 is 2.36 bits per heavy atom. The van der Waals surface area contributed by atoms with Crippen molar-refractivity contribution in [3.05, 3.63) is 27.5 Å². The molecule has 0 aliphatic rings. The molecule has 0 aliphatic heterocycles. The Labute approximate surface area is 78.9 Å². The van der Waals surface area contributed by atoms with E-state index in [2.05, 4.69) is 20.9 Å². The van der Waals surface area contributed by atoms with Gasteiger partial charge in [-0.1, -0.05) is 11.6 Å². The van der Waals surface area contributed by atoms with Gasteiger partial charge in [-0.05, 0) is 34.5 Å². The summed E-state index contributed by atoms with van der Waals surface area (Å²) in [6.07, 6.45) is 1.68. The van der Waals surface area contributed by atoms with E-state index in [0.717, 1.165) is 10.0 Å². The summed E-state index contributed by atoms with van der Waals surface area (Å²) in [4.78, 5) is 3.94. The lowest BCUT2D eigenvalue weighted by Gasteiger charge is -2.04. The molecule has 0 saturated carbocycles. The van der Waals surface area contributed by atoms with Crippen molar-refractivity contribution < 1.29 is 0 Å². The summed E-state index contributed by atoms with van der Waals surface area (Å²) in [5, 5.41) is 0.467. The molecule has 4 heteroatoms. The minimum absolute atomic E-state index is 0.00364. The van der Waals surface area contributed by atoms with Crippen LogP contribution in [0, 0.1) is 0 Å². The molecule has 11 heavy (non-hydrogen) atoms. The molecule has 1 unspecified atom stereocenters. The van der Waals surface area contributed by atoms with E-state index >= 15 is 0 Å². The minimum Gasteiger partial charge on any atom is -0.324 e. The highest BCUT2D eigenvalue weighted by atomic mass is 79.9. The molecule has 1 heterocycles. The number of rotatable bonds is 1. The number of aromatic nitrogens is 1. The maximum atomic E-state index is 5.69. The third kappa shape index (κ3) is 2.15. The van der Waals surface area contributed by atoms with Gasteiger partial charge in [-0.3, -0.25) is 0 Å². The molecule has 0 radical (unpaired) electrons. The summed E-state index contributed by atoms with van der Waals surface area (Å²) in [6, 6.07) is 1.87. The van der Waals surface area contributed by atoms with Crippen molar-refractivity contribution in [2.45, 2.75) is 13.0 Å². The Morgan fingerprint density at radius 1 is 1.73 bits per heavy atom. The maximum absolute atomic E-state index is 5.69. The Bertz CT molecular complexity index is 263. The van der Waals surface area contributed by atoms with Crippen LogP contribution in [0.5, 0.6) is 0 Å². The zero-order valence-corrected chi connectivity index (χ0v) is 8.35. The largest absolute Gasteiger partial charge is 0.324 e. The lowest BCUT2D eigenvalue weighted by atomic mass is 10.2. The third-order valence-corrected chi connectivity index (χ3v) is 2.48. The molecule has 0 amide bonds. The van der Waals surface area contributed by atoms with E-state index in [9.17, 15) is 0 Å². The molecule has 0 aliphatic carbocycles. The van der Waals surface area contributed by atoms with Crippen molar-refractivity contribution in [1.29, 1.82) is 0 Å². The second-order valence-corrected chi connectivity index (χ2v) is 3.54. The van der Waals surface area contributed by atoms with Gasteiger partial charge < -0.3 is 5.73 Å². The summed E-state index contributed by atoms with van der Waals surface area (Å²) in [7, 11) is 0. The average molecular weight is 236 g/mol. The van der Waals surface area contributed by atoms with Crippen LogP contribution >= 0.6 is 27.5 Å². The summed E-state index contributed by atoms with van der Waals surface area (Å²) in [5.41, 5.74) is 6.60. The first-order valence-electron chi connectivity index (χ1n) is 3.18. The van der Waals surface area contributed by atoms with Crippen molar-refractivity contribution >= 4 is 27.5 Å². The monoisotopic (exact) mass is 234 g/mol. The highest BCUT2D eigenvalue weighted by molar-refractivity contribution is 9.10. The standard InChI is InChI=1S/C7H8BrClN2/c1-4(10)5-2-6(8)7(9)11-3-5/h2-4H,10H2,1H3. The van der Waals surface area contributed by atoms with Crippen LogP contribution in [0.15, 0.2) is 16.7 Å². The zero-order chi connectivity index (χ0) is 8.43. The second kappa shape index (κ2) is 3.52. The molecular formula is C7H8BrClN2. The summed E-state index contributed by atoms with van der Waals surface area (Å²) >= 11 is 8.95. The van der Waals surface area contributed by atoms with Crippen LogP contribution < -0.4 is 5.73 Å². The molecule has 1 aromatic rings. The van der Waals surface area contributed by atoms with Gasteiger partial charge >= 0.3 is 0 Å². The first kappa shape index (κ1) is 8.97.